The first-order valence-corrected chi connectivity index (χ1v) is 6.19. The minimum atomic E-state index is 0.0397. The highest BCUT2D eigenvalue weighted by Crippen LogP contribution is 2.33. The van der Waals surface area contributed by atoms with Crippen molar-refractivity contribution in [2.24, 2.45) is 7.05 Å². The second-order valence-electron chi connectivity index (χ2n) is 4.73. The van der Waals surface area contributed by atoms with Gasteiger partial charge in [0.1, 0.15) is 17.9 Å². The molecule has 0 spiro atoms. The van der Waals surface area contributed by atoms with Crippen LogP contribution in [0.15, 0.2) is 30.6 Å². The molecule has 1 heterocycles. The highest BCUT2D eigenvalue weighted by atomic mass is 16.1. The van der Waals surface area contributed by atoms with E-state index in [9.17, 15) is 4.79 Å². The van der Waals surface area contributed by atoms with Gasteiger partial charge in [0.2, 0.25) is 0 Å². The maximum absolute atomic E-state index is 12.3. The van der Waals surface area contributed by atoms with Gasteiger partial charge in [0.15, 0.2) is 0 Å². The molecule has 0 N–H and O–H groups in total. The molecule has 1 aromatic heterocycles. The molecule has 0 aliphatic heterocycles. The number of carbonyl (C=O) groups excluding carboxylic acids is 1. The third-order valence-electron chi connectivity index (χ3n) is 3.66. The van der Waals surface area contributed by atoms with E-state index in [1.807, 2.05) is 19.2 Å². The number of hydrogen-bond donors (Lipinski definition) is 0. The fourth-order valence-electron chi connectivity index (χ4n) is 2.65. The van der Waals surface area contributed by atoms with Crippen molar-refractivity contribution in [1.29, 1.82) is 0 Å². The van der Waals surface area contributed by atoms with Gasteiger partial charge in [0, 0.05) is 13.0 Å². The van der Waals surface area contributed by atoms with Gasteiger partial charge in [-0.3, -0.25) is 9.48 Å². The van der Waals surface area contributed by atoms with Crippen LogP contribution < -0.4 is 0 Å². The average Bonchev–Trinajstić information content (AvgIpc) is 2.96. The molecule has 2 aromatic rings. The van der Waals surface area contributed by atoms with E-state index in [0.717, 1.165) is 18.7 Å². The maximum Gasteiger partial charge on any atom is 0.147 e. The highest BCUT2D eigenvalue weighted by molar-refractivity contribution is 5.88. The maximum atomic E-state index is 12.3. The Hall–Kier alpha value is -1.97. The van der Waals surface area contributed by atoms with E-state index in [2.05, 4.69) is 22.2 Å². The molecular weight excluding hydrogens is 226 g/mol. The van der Waals surface area contributed by atoms with Crippen LogP contribution in [0.4, 0.5) is 0 Å². The van der Waals surface area contributed by atoms with Gasteiger partial charge in [-0.25, -0.2) is 4.98 Å². The minimum absolute atomic E-state index is 0.0397. The SMILES string of the molecule is Cn1ncnc1CC(=O)C1CCc2ccccc21. The summed E-state index contributed by atoms with van der Waals surface area (Å²) in [4.78, 5) is 16.5. The molecular formula is C14H15N3O. The third kappa shape index (κ3) is 1.83. The molecule has 0 amide bonds. The van der Waals surface area contributed by atoms with Crippen molar-refractivity contribution in [3.63, 3.8) is 0 Å². The van der Waals surface area contributed by atoms with Crippen molar-refractivity contribution in [3.8, 4) is 0 Å². The van der Waals surface area contributed by atoms with Crippen LogP contribution in [0.2, 0.25) is 0 Å². The topological polar surface area (TPSA) is 47.8 Å². The number of carbonyl (C=O) groups is 1. The van der Waals surface area contributed by atoms with E-state index in [0.29, 0.717) is 6.42 Å². The highest BCUT2D eigenvalue weighted by Gasteiger charge is 2.28. The number of hydrogen-bond acceptors (Lipinski definition) is 3. The van der Waals surface area contributed by atoms with Gasteiger partial charge in [-0.2, -0.15) is 5.10 Å². The van der Waals surface area contributed by atoms with Crippen LogP contribution in [-0.4, -0.2) is 20.5 Å². The van der Waals surface area contributed by atoms with Gasteiger partial charge in [-0.1, -0.05) is 24.3 Å². The number of fused-ring (bicyclic) bond motifs is 1. The number of aryl methyl sites for hydroxylation is 2. The molecule has 1 atom stereocenters. The summed E-state index contributed by atoms with van der Waals surface area (Å²) in [6, 6.07) is 8.23. The quantitative estimate of drug-likeness (QED) is 0.821. The normalized spacial score (nSPS) is 17.7. The number of rotatable bonds is 3. The van der Waals surface area contributed by atoms with Gasteiger partial charge in [0.25, 0.3) is 0 Å². The second kappa shape index (κ2) is 4.37. The first-order chi connectivity index (χ1) is 8.75. The van der Waals surface area contributed by atoms with E-state index >= 15 is 0 Å². The van der Waals surface area contributed by atoms with Crippen molar-refractivity contribution in [3.05, 3.63) is 47.5 Å². The van der Waals surface area contributed by atoms with Crippen molar-refractivity contribution in [2.45, 2.75) is 25.2 Å². The van der Waals surface area contributed by atoms with E-state index in [1.54, 1.807) is 4.68 Å². The summed E-state index contributed by atoms with van der Waals surface area (Å²) in [6.45, 7) is 0. The van der Waals surface area contributed by atoms with Crippen LogP contribution in [0.5, 0.6) is 0 Å². The summed E-state index contributed by atoms with van der Waals surface area (Å²) in [5.41, 5.74) is 2.51. The summed E-state index contributed by atoms with van der Waals surface area (Å²) >= 11 is 0. The zero-order valence-corrected chi connectivity index (χ0v) is 10.3. The first kappa shape index (κ1) is 11.1. The molecule has 0 radical (unpaired) electrons. The molecule has 1 aliphatic rings. The molecule has 1 unspecified atom stereocenters. The zero-order chi connectivity index (χ0) is 12.5. The Morgan fingerprint density at radius 2 is 2.28 bits per heavy atom. The molecule has 0 bridgehead atoms. The molecule has 3 rings (SSSR count). The van der Waals surface area contributed by atoms with E-state index in [1.165, 1.54) is 17.5 Å². The third-order valence-corrected chi connectivity index (χ3v) is 3.66. The number of benzene rings is 1. The van der Waals surface area contributed by atoms with Crippen LogP contribution in [0.1, 0.15) is 29.3 Å². The van der Waals surface area contributed by atoms with Gasteiger partial charge >= 0.3 is 0 Å². The molecule has 1 aliphatic carbocycles. The fourth-order valence-corrected chi connectivity index (χ4v) is 2.65. The van der Waals surface area contributed by atoms with Crippen LogP contribution in [0, 0.1) is 0 Å². The summed E-state index contributed by atoms with van der Waals surface area (Å²) in [7, 11) is 1.82. The van der Waals surface area contributed by atoms with Gasteiger partial charge < -0.3 is 0 Å². The molecule has 4 nitrogen and oxygen atoms in total. The van der Waals surface area contributed by atoms with Gasteiger partial charge in [-0.05, 0) is 24.0 Å². The van der Waals surface area contributed by atoms with Gasteiger partial charge in [0.05, 0.1) is 6.42 Å². The lowest BCUT2D eigenvalue weighted by Gasteiger charge is -2.09. The Balaban J connectivity index is 1.81. The summed E-state index contributed by atoms with van der Waals surface area (Å²) in [5, 5.41) is 3.99. The van der Waals surface area contributed by atoms with Crippen molar-refractivity contribution in [1.82, 2.24) is 14.8 Å². The fraction of sp³-hybridized carbons (Fsp3) is 0.357. The predicted molar refractivity (Wildman–Crippen MR) is 67.2 cm³/mol. The first-order valence-electron chi connectivity index (χ1n) is 6.19. The van der Waals surface area contributed by atoms with Crippen LogP contribution >= 0.6 is 0 Å². The molecule has 4 heteroatoms. The standard InChI is InChI=1S/C14H15N3O/c1-17-14(15-9-16-17)8-13(18)12-7-6-10-4-2-3-5-11(10)12/h2-5,9,12H,6-8H2,1H3. The lowest BCUT2D eigenvalue weighted by molar-refractivity contribution is -0.120. The van der Waals surface area contributed by atoms with Crippen LogP contribution in [-0.2, 0) is 24.7 Å². The molecule has 0 saturated carbocycles. The summed E-state index contributed by atoms with van der Waals surface area (Å²) < 4.78 is 1.67. The van der Waals surface area contributed by atoms with E-state index in [4.69, 9.17) is 0 Å². The largest absolute Gasteiger partial charge is 0.299 e. The van der Waals surface area contributed by atoms with Gasteiger partial charge in [-0.15, -0.1) is 0 Å². The molecule has 0 fully saturated rings. The number of Topliss-reactive ketones (excluding diaryl/α,β-unsaturated/α-hetero) is 1. The molecule has 1 aromatic carbocycles. The van der Waals surface area contributed by atoms with Crippen molar-refractivity contribution < 1.29 is 4.79 Å². The predicted octanol–water partition coefficient (Wildman–Crippen LogP) is 1.66. The Labute approximate surface area is 106 Å². The number of nitrogens with zero attached hydrogens (tertiary/aromatic N) is 3. The molecule has 0 saturated heterocycles. The van der Waals surface area contributed by atoms with E-state index in [-0.39, 0.29) is 11.7 Å². The Kier molecular flexibility index (Phi) is 2.70. The molecule has 92 valence electrons. The summed E-state index contributed by atoms with van der Waals surface area (Å²) in [5.74, 6) is 1.03. The summed E-state index contributed by atoms with van der Waals surface area (Å²) in [6.07, 6.45) is 3.79. The van der Waals surface area contributed by atoms with Crippen LogP contribution in [0.3, 0.4) is 0 Å². The second-order valence-corrected chi connectivity index (χ2v) is 4.73. The number of ketones is 1. The minimum Gasteiger partial charge on any atom is -0.299 e. The lowest BCUT2D eigenvalue weighted by atomic mass is 9.95. The monoisotopic (exact) mass is 241 g/mol. The van der Waals surface area contributed by atoms with Crippen LogP contribution in [0.25, 0.3) is 0 Å². The van der Waals surface area contributed by atoms with Crippen molar-refractivity contribution >= 4 is 5.78 Å². The lowest BCUT2D eigenvalue weighted by Crippen LogP contribution is -2.15. The smallest absolute Gasteiger partial charge is 0.147 e. The Bertz CT molecular complexity index is 588. The van der Waals surface area contributed by atoms with E-state index < -0.39 is 0 Å². The zero-order valence-electron chi connectivity index (χ0n) is 10.3. The Morgan fingerprint density at radius 1 is 1.44 bits per heavy atom. The van der Waals surface area contributed by atoms with Crippen molar-refractivity contribution in [2.75, 3.05) is 0 Å². The average molecular weight is 241 g/mol. The number of aromatic nitrogens is 3. The molecule has 18 heavy (non-hydrogen) atoms. The Morgan fingerprint density at radius 3 is 3.06 bits per heavy atom.